The molecule has 1 aromatic carbocycles. The monoisotopic (exact) mass is 608 g/mol. The number of halogens is 1. The molecule has 5 aromatic rings. The number of hydrogen-bond acceptors (Lipinski definition) is 10. The minimum absolute atomic E-state index is 0.0340. The van der Waals surface area contributed by atoms with E-state index < -0.39 is 5.91 Å². The van der Waals surface area contributed by atoms with Crippen molar-refractivity contribution in [1.82, 2.24) is 29.0 Å². The molecule has 6 rings (SSSR count). The fourth-order valence-corrected chi connectivity index (χ4v) is 6.61. The standard InChI is InChI=1S/C27H25ClN8O3S2/c28-20-6-2-1-5-17(20)16-40-27-33-32-26(41-27)31-24(37)18-15-19-23(30-21-7-3-4-8-35(21)25(19)38)36(22(18)29)10-9-34-11-13-39-14-12-34/h1-8,15,29H,9-14,16H2,(H,31,32,37). The molecule has 0 saturated carbocycles. The van der Waals surface area contributed by atoms with E-state index in [1.165, 1.54) is 33.6 Å². The molecule has 5 heterocycles. The van der Waals surface area contributed by atoms with E-state index in [0.29, 0.717) is 57.8 Å². The number of carbonyl (C=O) groups excluding carboxylic acids is 1. The second kappa shape index (κ2) is 12.1. The van der Waals surface area contributed by atoms with Crippen molar-refractivity contribution < 1.29 is 9.53 Å². The Balaban J connectivity index is 1.30. The molecule has 1 aliphatic heterocycles. The molecule has 11 nitrogen and oxygen atoms in total. The zero-order valence-electron chi connectivity index (χ0n) is 21.7. The van der Waals surface area contributed by atoms with Gasteiger partial charge < -0.3 is 9.30 Å². The van der Waals surface area contributed by atoms with Crippen LogP contribution in [-0.2, 0) is 17.0 Å². The first-order valence-electron chi connectivity index (χ1n) is 12.9. The number of ether oxygens (including phenoxy) is 1. The molecule has 0 unspecified atom stereocenters. The van der Waals surface area contributed by atoms with E-state index in [1.54, 1.807) is 29.0 Å². The molecule has 0 spiro atoms. The first-order valence-corrected chi connectivity index (χ1v) is 15.1. The van der Waals surface area contributed by atoms with Crippen LogP contribution in [0, 0.1) is 5.41 Å². The third kappa shape index (κ3) is 5.90. The van der Waals surface area contributed by atoms with Crippen molar-refractivity contribution >= 4 is 62.4 Å². The van der Waals surface area contributed by atoms with Gasteiger partial charge in [-0.3, -0.25) is 29.6 Å². The predicted molar refractivity (Wildman–Crippen MR) is 159 cm³/mol. The first kappa shape index (κ1) is 27.5. The summed E-state index contributed by atoms with van der Waals surface area (Å²) in [6, 6.07) is 14.3. The summed E-state index contributed by atoms with van der Waals surface area (Å²) in [5.74, 6) is 0.0612. The SMILES string of the molecule is N=c1c(C(=O)Nc2nnc(SCc3ccccc3Cl)s2)cc2c(=O)n3ccccc3nc2n1CCN1CCOCC1. The third-order valence-corrected chi connectivity index (χ3v) is 9.13. The maximum Gasteiger partial charge on any atom is 0.267 e. The molecular formula is C27H25ClN8O3S2. The van der Waals surface area contributed by atoms with Gasteiger partial charge in [0, 0.05) is 43.2 Å². The lowest BCUT2D eigenvalue weighted by Gasteiger charge is -2.27. The quantitative estimate of drug-likeness (QED) is 0.155. The number of pyridine rings is 2. The highest BCUT2D eigenvalue weighted by Crippen LogP contribution is 2.30. The van der Waals surface area contributed by atoms with Crippen LogP contribution >= 0.6 is 34.7 Å². The molecular weight excluding hydrogens is 584 g/mol. The number of nitrogens with zero attached hydrogens (tertiary/aromatic N) is 6. The van der Waals surface area contributed by atoms with Crippen LogP contribution in [0.1, 0.15) is 15.9 Å². The Bertz CT molecular complexity index is 1870. The van der Waals surface area contributed by atoms with Crippen molar-refractivity contribution in [3.05, 3.63) is 86.7 Å². The number of carbonyl (C=O) groups is 1. The Morgan fingerprint density at radius 3 is 2.76 bits per heavy atom. The van der Waals surface area contributed by atoms with Gasteiger partial charge in [0.25, 0.3) is 11.5 Å². The maximum atomic E-state index is 13.5. The summed E-state index contributed by atoms with van der Waals surface area (Å²) in [4.78, 5) is 33.9. The average molecular weight is 609 g/mol. The van der Waals surface area contributed by atoms with Crippen molar-refractivity contribution in [3.8, 4) is 0 Å². The van der Waals surface area contributed by atoms with Gasteiger partial charge >= 0.3 is 0 Å². The number of thioether (sulfide) groups is 1. The minimum Gasteiger partial charge on any atom is -0.379 e. The first-order chi connectivity index (χ1) is 20.0. The Hall–Kier alpha value is -3.62. The van der Waals surface area contributed by atoms with E-state index in [4.69, 9.17) is 26.7 Å². The van der Waals surface area contributed by atoms with Crippen molar-refractivity contribution in [2.75, 3.05) is 38.2 Å². The predicted octanol–water partition coefficient (Wildman–Crippen LogP) is 3.51. The van der Waals surface area contributed by atoms with Gasteiger partial charge in [0.15, 0.2) is 4.34 Å². The molecule has 0 bridgehead atoms. The molecule has 1 amide bonds. The molecule has 14 heteroatoms. The molecule has 41 heavy (non-hydrogen) atoms. The van der Waals surface area contributed by atoms with E-state index in [2.05, 4.69) is 20.4 Å². The molecule has 1 fully saturated rings. The van der Waals surface area contributed by atoms with Gasteiger partial charge in [-0.2, -0.15) is 0 Å². The Morgan fingerprint density at radius 1 is 1.12 bits per heavy atom. The second-order valence-electron chi connectivity index (χ2n) is 9.30. The number of rotatable bonds is 8. The number of nitrogens with one attached hydrogen (secondary N) is 2. The van der Waals surface area contributed by atoms with Crippen molar-refractivity contribution in [2.24, 2.45) is 0 Å². The average Bonchev–Trinajstić information content (AvgIpc) is 3.44. The fourth-order valence-electron chi connectivity index (χ4n) is 4.58. The van der Waals surface area contributed by atoms with Gasteiger partial charge in [0.05, 0.1) is 24.2 Å². The van der Waals surface area contributed by atoms with Crippen LogP contribution in [0.2, 0.25) is 5.02 Å². The van der Waals surface area contributed by atoms with Gasteiger partial charge in [-0.05, 0) is 29.8 Å². The smallest absolute Gasteiger partial charge is 0.267 e. The lowest BCUT2D eigenvalue weighted by atomic mass is 10.2. The normalized spacial score (nSPS) is 14.1. The summed E-state index contributed by atoms with van der Waals surface area (Å²) in [6.45, 7) is 3.85. The zero-order valence-corrected chi connectivity index (χ0v) is 24.1. The number of benzene rings is 1. The van der Waals surface area contributed by atoms with Crippen LogP contribution in [-0.4, -0.2) is 67.8 Å². The summed E-state index contributed by atoms with van der Waals surface area (Å²) < 4.78 is 9.19. The highest BCUT2D eigenvalue weighted by atomic mass is 35.5. The number of morpholine rings is 1. The Labute approximate surface area is 247 Å². The summed E-state index contributed by atoms with van der Waals surface area (Å²) in [7, 11) is 0. The largest absolute Gasteiger partial charge is 0.379 e. The van der Waals surface area contributed by atoms with Gasteiger partial charge in [0.1, 0.15) is 16.8 Å². The van der Waals surface area contributed by atoms with Crippen molar-refractivity contribution in [3.63, 3.8) is 0 Å². The van der Waals surface area contributed by atoms with Crippen LogP contribution in [0.15, 0.2) is 63.9 Å². The number of amides is 1. The summed E-state index contributed by atoms with van der Waals surface area (Å²) in [5.41, 5.74) is 1.52. The summed E-state index contributed by atoms with van der Waals surface area (Å²) >= 11 is 8.95. The summed E-state index contributed by atoms with van der Waals surface area (Å²) in [6.07, 6.45) is 1.64. The number of hydrogen-bond donors (Lipinski definition) is 2. The van der Waals surface area contributed by atoms with E-state index >= 15 is 0 Å². The molecule has 2 N–H and O–H groups in total. The molecule has 0 radical (unpaired) electrons. The minimum atomic E-state index is -0.548. The topological polar surface area (TPSA) is 130 Å². The molecule has 210 valence electrons. The molecule has 0 atom stereocenters. The molecule has 1 saturated heterocycles. The van der Waals surface area contributed by atoms with Crippen LogP contribution in [0.4, 0.5) is 5.13 Å². The Kier molecular flexibility index (Phi) is 8.12. The third-order valence-electron chi connectivity index (χ3n) is 6.74. The van der Waals surface area contributed by atoms with Crippen molar-refractivity contribution in [2.45, 2.75) is 16.6 Å². The van der Waals surface area contributed by atoms with E-state index in [9.17, 15) is 9.59 Å². The second-order valence-corrected chi connectivity index (χ2v) is 11.9. The van der Waals surface area contributed by atoms with E-state index in [1.807, 2.05) is 24.3 Å². The lowest BCUT2D eigenvalue weighted by Crippen LogP contribution is -2.40. The zero-order chi connectivity index (χ0) is 28.3. The lowest BCUT2D eigenvalue weighted by molar-refractivity contribution is 0.0363. The van der Waals surface area contributed by atoms with E-state index in [0.717, 1.165) is 18.7 Å². The van der Waals surface area contributed by atoms with Gasteiger partial charge in [0.2, 0.25) is 5.13 Å². The number of anilines is 1. The summed E-state index contributed by atoms with van der Waals surface area (Å²) in [5, 5.41) is 21.2. The number of fused-ring (bicyclic) bond motifs is 2. The molecule has 1 aliphatic rings. The number of aromatic nitrogens is 5. The van der Waals surface area contributed by atoms with Gasteiger partial charge in [-0.25, -0.2) is 4.98 Å². The van der Waals surface area contributed by atoms with Gasteiger partial charge in [-0.1, -0.05) is 59.0 Å². The Morgan fingerprint density at radius 2 is 1.93 bits per heavy atom. The molecule has 0 aliphatic carbocycles. The van der Waals surface area contributed by atoms with E-state index in [-0.39, 0.29) is 22.0 Å². The van der Waals surface area contributed by atoms with Crippen LogP contribution in [0.5, 0.6) is 0 Å². The van der Waals surface area contributed by atoms with Crippen LogP contribution < -0.4 is 16.4 Å². The van der Waals surface area contributed by atoms with Crippen LogP contribution in [0.3, 0.4) is 0 Å². The van der Waals surface area contributed by atoms with Crippen LogP contribution in [0.25, 0.3) is 16.7 Å². The highest BCUT2D eigenvalue weighted by Gasteiger charge is 2.20. The van der Waals surface area contributed by atoms with Crippen molar-refractivity contribution in [1.29, 1.82) is 5.41 Å². The van der Waals surface area contributed by atoms with Gasteiger partial charge in [-0.15, -0.1) is 10.2 Å². The maximum absolute atomic E-state index is 13.5. The molecule has 4 aromatic heterocycles. The fraction of sp³-hybridized carbons (Fsp3) is 0.259. The highest BCUT2D eigenvalue weighted by molar-refractivity contribution is 8.00.